The van der Waals surface area contributed by atoms with Crippen molar-refractivity contribution in [1.29, 1.82) is 0 Å². The van der Waals surface area contributed by atoms with Gasteiger partial charge in [-0.05, 0) is 12.1 Å². The number of hydrogen-bond acceptors (Lipinski definition) is 7. The number of benzene rings is 1. The highest BCUT2D eigenvalue weighted by Crippen LogP contribution is 2.23. The van der Waals surface area contributed by atoms with Gasteiger partial charge in [0, 0.05) is 0 Å². The fraction of sp³-hybridized carbons (Fsp3) is 0.417. The number of carboxylic acids is 1. The monoisotopic (exact) mass is 269 g/mol. The standard InChI is InChI=1S/C12H14O7/c13-7-8(14)10(11(16)17)19-12(9(7)15)18-6-4-2-1-3-5-6/h1-5,7-10,12-15H,(H,16,17)/p-1/t7-,8-,9+,10-,12+/m0/s1. The number of carbonyl (C=O) groups is 1. The Labute approximate surface area is 108 Å². The van der Waals surface area contributed by atoms with Crippen molar-refractivity contribution in [2.24, 2.45) is 0 Å². The van der Waals surface area contributed by atoms with Gasteiger partial charge in [0.05, 0.1) is 5.97 Å². The van der Waals surface area contributed by atoms with Crippen LogP contribution in [0.4, 0.5) is 0 Å². The molecule has 1 fully saturated rings. The van der Waals surface area contributed by atoms with E-state index in [9.17, 15) is 25.2 Å². The van der Waals surface area contributed by atoms with Crippen LogP contribution in [0.2, 0.25) is 0 Å². The maximum atomic E-state index is 10.8. The molecule has 1 aliphatic rings. The van der Waals surface area contributed by atoms with Crippen LogP contribution in [0.3, 0.4) is 0 Å². The molecule has 1 heterocycles. The molecule has 0 amide bonds. The highest BCUT2D eigenvalue weighted by atomic mass is 16.7. The maximum Gasteiger partial charge on any atom is 0.229 e. The molecule has 0 bridgehead atoms. The predicted molar refractivity (Wildman–Crippen MR) is 58.8 cm³/mol. The first-order valence-electron chi connectivity index (χ1n) is 5.63. The highest BCUT2D eigenvalue weighted by molar-refractivity contribution is 5.71. The summed E-state index contributed by atoms with van der Waals surface area (Å²) in [6.45, 7) is 0. The Hall–Kier alpha value is -1.67. The maximum absolute atomic E-state index is 10.8. The fourth-order valence-electron chi connectivity index (χ4n) is 1.77. The molecule has 2 rings (SSSR count). The van der Waals surface area contributed by atoms with Crippen LogP contribution in [0.1, 0.15) is 0 Å². The number of rotatable bonds is 3. The van der Waals surface area contributed by atoms with Crippen molar-refractivity contribution in [3.05, 3.63) is 30.3 Å². The molecule has 0 radical (unpaired) electrons. The van der Waals surface area contributed by atoms with Gasteiger partial charge in [-0.1, -0.05) is 18.2 Å². The predicted octanol–water partition coefficient (Wildman–Crippen LogP) is -2.38. The summed E-state index contributed by atoms with van der Waals surface area (Å²) >= 11 is 0. The number of aliphatic hydroxyl groups excluding tert-OH is 3. The number of hydrogen-bond donors (Lipinski definition) is 3. The first kappa shape index (κ1) is 13.8. The van der Waals surface area contributed by atoms with Gasteiger partial charge in [-0.25, -0.2) is 0 Å². The van der Waals surface area contributed by atoms with E-state index in [0.29, 0.717) is 5.75 Å². The summed E-state index contributed by atoms with van der Waals surface area (Å²) in [5.74, 6) is -1.37. The lowest BCUT2D eigenvalue weighted by molar-refractivity contribution is -0.342. The van der Waals surface area contributed by atoms with Gasteiger partial charge >= 0.3 is 0 Å². The van der Waals surface area contributed by atoms with Crippen molar-refractivity contribution < 1.29 is 34.7 Å². The van der Waals surface area contributed by atoms with Crippen LogP contribution in [0.5, 0.6) is 5.75 Å². The van der Waals surface area contributed by atoms with E-state index in [-0.39, 0.29) is 0 Å². The Morgan fingerprint density at radius 3 is 2.32 bits per heavy atom. The summed E-state index contributed by atoms with van der Waals surface area (Å²) in [6.07, 6.45) is -8.25. The van der Waals surface area contributed by atoms with Crippen molar-refractivity contribution in [1.82, 2.24) is 0 Å². The molecule has 3 N–H and O–H groups in total. The third kappa shape index (κ3) is 2.85. The molecule has 1 aromatic rings. The molecule has 0 saturated carbocycles. The lowest BCUT2D eigenvalue weighted by Crippen LogP contribution is -2.63. The summed E-state index contributed by atoms with van der Waals surface area (Å²) in [6, 6.07) is 8.23. The molecule has 1 aromatic carbocycles. The third-order valence-electron chi connectivity index (χ3n) is 2.80. The SMILES string of the molecule is O=C([O-])[C@H]1O[C@@H](Oc2ccccc2)[C@H](O)[C@@H](O)[C@@H]1O. The van der Waals surface area contributed by atoms with Crippen molar-refractivity contribution >= 4 is 5.97 Å². The molecular formula is C12H13O7-. The van der Waals surface area contributed by atoms with Crippen molar-refractivity contribution in [3.63, 3.8) is 0 Å². The van der Waals surface area contributed by atoms with Crippen LogP contribution in [-0.2, 0) is 9.53 Å². The zero-order chi connectivity index (χ0) is 14.0. The number of aliphatic carboxylic acids is 1. The van der Waals surface area contributed by atoms with Crippen LogP contribution in [-0.4, -0.2) is 52.0 Å². The van der Waals surface area contributed by atoms with Gasteiger partial charge in [0.15, 0.2) is 0 Å². The van der Waals surface area contributed by atoms with E-state index in [2.05, 4.69) is 0 Å². The minimum absolute atomic E-state index is 0.326. The van der Waals surface area contributed by atoms with Gasteiger partial charge in [0.2, 0.25) is 6.29 Å². The summed E-state index contributed by atoms with van der Waals surface area (Å²) in [5.41, 5.74) is 0. The van der Waals surface area contributed by atoms with Gasteiger partial charge in [-0.2, -0.15) is 0 Å². The second kappa shape index (κ2) is 5.54. The molecule has 1 saturated heterocycles. The van der Waals surface area contributed by atoms with Crippen LogP contribution in [0, 0.1) is 0 Å². The average Bonchev–Trinajstić information content (AvgIpc) is 2.40. The smallest absolute Gasteiger partial charge is 0.229 e. The first-order chi connectivity index (χ1) is 9.00. The molecule has 19 heavy (non-hydrogen) atoms. The Bertz CT molecular complexity index is 435. The quantitative estimate of drug-likeness (QED) is 0.560. The van der Waals surface area contributed by atoms with Gasteiger partial charge in [0.25, 0.3) is 0 Å². The third-order valence-corrected chi connectivity index (χ3v) is 2.80. The minimum atomic E-state index is -1.78. The van der Waals surface area contributed by atoms with Crippen molar-refractivity contribution in [2.45, 2.75) is 30.7 Å². The number of aliphatic hydroxyl groups is 3. The zero-order valence-corrected chi connectivity index (χ0v) is 9.75. The average molecular weight is 269 g/mol. The molecule has 7 nitrogen and oxygen atoms in total. The van der Waals surface area contributed by atoms with Crippen LogP contribution < -0.4 is 9.84 Å². The van der Waals surface area contributed by atoms with Crippen LogP contribution in [0.25, 0.3) is 0 Å². The molecule has 5 atom stereocenters. The molecule has 0 aliphatic carbocycles. The van der Waals surface area contributed by atoms with E-state index in [1.807, 2.05) is 0 Å². The van der Waals surface area contributed by atoms with E-state index in [4.69, 9.17) is 9.47 Å². The first-order valence-corrected chi connectivity index (χ1v) is 5.63. The van der Waals surface area contributed by atoms with Crippen LogP contribution in [0.15, 0.2) is 30.3 Å². The van der Waals surface area contributed by atoms with E-state index >= 15 is 0 Å². The summed E-state index contributed by atoms with van der Waals surface area (Å²) in [7, 11) is 0. The van der Waals surface area contributed by atoms with Crippen LogP contribution >= 0.6 is 0 Å². The normalized spacial score (nSPS) is 34.8. The summed E-state index contributed by atoms with van der Waals surface area (Å²) < 4.78 is 10.1. The Balaban J connectivity index is 2.13. The van der Waals surface area contributed by atoms with E-state index in [1.165, 1.54) is 0 Å². The summed E-state index contributed by atoms with van der Waals surface area (Å²) in [5, 5.41) is 39.5. The van der Waals surface area contributed by atoms with Gasteiger partial charge in [-0.15, -0.1) is 0 Å². The van der Waals surface area contributed by atoms with E-state index in [1.54, 1.807) is 30.3 Å². The Morgan fingerprint density at radius 2 is 1.74 bits per heavy atom. The largest absolute Gasteiger partial charge is 0.547 e. The van der Waals surface area contributed by atoms with Crippen molar-refractivity contribution in [2.75, 3.05) is 0 Å². The second-order valence-corrected chi connectivity index (χ2v) is 4.15. The molecule has 104 valence electrons. The molecule has 0 aromatic heterocycles. The number of ether oxygens (including phenoxy) is 2. The Kier molecular flexibility index (Phi) is 4.01. The van der Waals surface area contributed by atoms with Gasteiger partial charge in [-0.3, -0.25) is 0 Å². The lowest BCUT2D eigenvalue weighted by Gasteiger charge is -2.40. The van der Waals surface area contributed by atoms with Crippen molar-refractivity contribution in [3.8, 4) is 5.75 Å². The topological polar surface area (TPSA) is 119 Å². The number of para-hydroxylation sites is 1. The zero-order valence-electron chi connectivity index (χ0n) is 9.75. The van der Waals surface area contributed by atoms with E-state index < -0.39 is 36.7 Å². The lowest BCUT2D eigenvalue weighted by atomic mass is 9.99. The fourth-order valence-corrected chi connectivity index (χ4v) is 1.77. The Morgan fingerprint density at radius 1 is 1.11 bits per heavy atom. The molecule has 0 spiro atoms. The second-order valence-electron chi connectivity index (χ2n) is 4.15. The molecular weight excluding hydrogens is 256 g/mol. The van der Waals surface area contributed by atoms with Gasteiger partial charge in [0.1, 0.15) is 30.2 Å². The van der Waals surface area contributed by atoms with E-state index in [0.717, 1.165) is 0 Å². The number of carboxylic acid groups (broad SMARTS) is 1. The molecule has 0 unspecified atom stereocenters. The van der Waals surface area contributed by atoms with Gasteiger partial charge < -0.3 is 34.7 Å². The number of carbonyl (C=O) groups excluding carboxylic acids is 1. The highest BCUT2D eigenvalue weighted by Gasteiger charge is 2.45. The molecule has 1 aliphatic heterocycles. The summed E-state index contributed by atoms with van der Waals surface area (Å²) in [4.78, 5) is 10.8. The minimum Gasteiger partial charge on any atom is -0.547 e. The molecule has 7 heteroatoms.